The molecule has 0 aliphatic heterocycles. The Morgan fingerprint density at radius 3 is 2.59 bits per heavy atom. The van der Waals surface area contributed by atoms with Gasteiger partial charge in [-0.2, -0.15) is 0 Å². The molecule has 0 atom stereocenters. The molecule has 0 spiro atoms. The standard InChI is InChI=1S/C10H13BrN2O4/c1-16-10(17-2)6-12-7-3-4-9(13(14)15)8(11)5-7/h3-5,10,12H,6H2,1-2H3. The van der Waals surface area contributed by atoms with Gasteiger partial charge in [0.2, 0.25) is 0 Å². The quantitative estimate of drug-likeness (QED) is 0.496. The van der Waals surface area contributed by atoms with Crippen LogP contribution in [0, 0.1) is 10.1 Å². The van der Waals surface area contributed by atoms with Gasteiger partial charge in [-0.3, -0.25) is 10.1 Å². The summed E-state index contributed by atoms with van der Waals surface area (Å²) < 4.78 is 10.4. The number of methoxy groups -OCH3 is 2. The van der Waals surface area contributed by atoms with E-state index in [0.29, 0.717) is 11.0 Å². The SMILES string of the molecule is COC(CNc1ccc([N+](=O)[O-])c(Br)c1)OC. The van der Waals surface area contributed by atoms with Gasteiger partial charge in [0.25, 0.3) is 5.69 Å². The first kappa shape index (κ1) is 13.9. The Bertz CT molecular complexity index is 396. The Kier molecular flexibility index (Phi) is 5.33. The Morgan fingerprint density at radius 2 is 2.12 bits per heavy atom. The molecule has 0 unspecified atom stereocenters. The van der Waals surface area contributed by atoms with E-state index in [1.54, 1.807) is 26.4 Å². The molecule has 0 saturated carbocycles. The van der Waals surface area contributed by atoms with Crippen LogP contribution in [0.15, 0.2) is 22.7 Å². The van der Waals surface area contributed by atoms with Crippen molar-refractivity contribution in [1.29, 1.82) is 0 Å². The molecule has 1 aromatic rings. The minimum Gasteiger partial charge on any atom is -0.380 e. The molecule has 6 nitrogen and oxygen atoms in total. The van der Waals surface area contributed by atoms with E-state index in [1.165, 1.54) is 6.07 Å². The third kappa shape index (κ3) is 3.95. The Labute approximate surface area is 107 Å². The second-order valence-electron chi connectivity index (χ2n) is 3.21. The van der Waals surface area contributed by atoms with Crippen molar-refractivity contribution >= 4 is 27.3 Å². The molecule has 7 heteroatoms. The zero-order valence-corrected chi connectivity index (χ0v) is 11.1. The molecule has 0 amide bonds. The van der Waals surface area contributed by atoms with E-state index in [1.807, 2.05) is 0 Å². The Morgan fingerprint density at radius 1 is 1.47 bits per heavy atom. The van der Waals surface area contributed by atoms with Gasteiger partial charge in [0.05, 0.1) is 15.9 Å². The van der Waals surface area contributed by atoms with Crippen molar-refractivity contribution in [2.75, 3.05) is 26.1 Å². The summed E-state index contributed by atoms with van der Waals surface area (Å²) >= 11 is 3.14. The molecule has 0 fully saturated rings. The fraction of sp³-hybridized carbons (Fsp3) is 0.400. The van der Waals surface area contributed by atoms with E-state index >= 15 is 0 Å². The highest BCUT2D eigenvalue weighted by molar-refractivity contribution is 9.10. The lowest BCUT2D eigenvalue weighted by Crippen LogP contribution is -2.23. The van der Waals surface area contributed by atoms with Crippen LogP contribution in [-0.4, -0.2) is 32.0 Å². The van der Waals surface area contributed by atoms with Crippen LogP contribution in [0.3, 0.4) is 0 Å². The lowest BCUT2D eigenvalue weighted by atomic mass is 10.3. The molecule has 94 valence electrons. The minimum absolute atomic E-state index is 0.0329. The van der Waals surface area contributed by atoms with Crippen LogP contribution >= 0.6 is 15.9 Å². The molecular formula is C10H13BrN2O4. The monoisotopic (exact) mass is 304 g/mol. The number of nitrogens with zero attached hydrogens (tertiary/aromatic N) is 1. The summed E-state index contributed by atoms with van der Waals surface area (Å²) in [4.78, 5) is 10.2. The number of hydrogen-bond acceptors (Lipinski definition) is 5. The van der Waals surface area contributed by atoms with E-state index in [0.717, 1.165) is 5.69 Å². The summed E-state index contributed by atoms with van der Waals surface area (Å²) in [7, 11) is 3.09. The number of nitrogens with one attached hydrogen (secondary N) is 1. The number of ether oxygens (including phenoxy) is 2. The zero-order valence-electron chi connectivity index (χ0n) is 9.47. The van der Waals surface area contributed by atoms with Crippen LogP contribution in [0.1, 0.15) is 0 Å². The molecular weight excluding hydrogens is 292 g/mol. The van der Waals surface area contributed by atoms with E-state index in [4.69, 9.17) is 9.47 Å². The predicted octanol–water partition coefficient (Wildman–Crippen LogP) is 2.39. The summed E-state index contributed by atoms with van der Waals surface area (Å²) in [5, 5.41) is 13.7. The van der Waals surface area contributed by atoms with Gasteiger partial charge in [-0.25, -0.2) is 0 Å². The first-order valence-electron chi connectivity index (χ1n) is 4.82. The topological polar surface area (TPSA) is 73.6 Å². The van der Waals surface area contributed by atoms with Gasteiger partial charge in [-0.05, 0) is 28.1 Å². The van der Waals surface area contributed by atoms with Crippen LogP contribution in [0.4, 0.5) is 11.4 Å². The number of nitro benzene ring substituents is 1. The molecule has 0 radical (unpaired) electrons. The zero-order chi connectivity index (χ0) is 12.8. The minimum atomic E-state index is -0.443. The van der Waals surface area contributed by atoms with E-state index < -0.39 is 4.92 Å². The van der Waals surface area contributed by atoms with Crippen molar-refractivity contribution in [2.24, 2.45) is 0 Å². The maximum atomic E-state index is 10.6. The Balaban J connectivity index is 2.67. The molecule has 0 heterocycles. The van der Waals surface area contributed by atoms with Gasteiger partial charge < -0.3 is 14.8 Å². The average Bonchev–Trinajstić information content (AvgIpc) is 2.30. The van der Waals surface area contributed by atoms with Gasteiger partial charge in [-0.15, -0.1) is 0 Å². The number of rotatable bonds is 6. The number of anilines is 1. The third-order valence-electron chi connectivity index (χ3n) is 2.14. The summed E-state index contributed by atoms with van der Waals surface area (Å²) in [6, 6.07) is 4.70. The van der Waals surface area contributed by atoms with Crippen molar-refractivity contribution in [2.45, 2.75) is 6.29 Å². The predicted molar refractivity (Wildman–Crippen MR) is 67.1 cm³/mol. The highest BCUT2D eigenvalue weighted by Gasteiger charge is 2.12. The summed E-state index contributed by atoms with van der Waals surface area (Å²) in [6.45, 7) is 0.456. The highest BCUT2D eigenvalue weighted by Crippen LogP contribution is 2.27. The smallest absolute Gasteiger partial charge is 0.283 e. The van der Waals surface area contributed by atoms with Gasteiger partial charge in [0, 0.05) is 26.0 Å². The molecule has 1 rings (SSSR count). The second-order valence-corrected chi connectivity index (χ2v) is 4.06. The fourth-order valence-electron chi connectivity index (χ4n) is 1.23. The molecule has 0 aromatic heterocycles. The number of halogens is 1. The molecule has 17 heavy (non-hydrogen) atoms. The van der Waals surface area contributed by atoms with Crippen molar-refractivity contribution in [3.05, 3.63) is 32.8 Å². The lowest BCUT2D eigenvalue weighted by molar-refractivity contribution is -0.385. The molecule has 0 bridgehead atoms. The number of nitro groups is 1. The normalized spacial score (nSPS) is 10.6. The molecule has 0 aliphatic rings. The summed E-state index contributed by atoms with van der Waals surface area (Å²) in [5.41, 5.74) is 0.784. The van der Waals surface area contributed by atoms with Crippen LogP contribution in [-0.2, 0) is 9.47 Å². The van der Waals surface area contributed by atoms with Gasteiger partial charge in [0.15, 0.2) is 6.29 Å². The van der Waals surface area contributed by atoms with Gasteiger partial charge in [-0.1, -0.05) is 0 Å². The first-order valence-corrected chi connectivity index (χ1v) is 5.61. The maximum absolute atomic E-state index is 10.6. The highest BCUT2D eigenvalue weighted by atomic mass is 79.9. The van der Waals surface area contributed by atoms with Crippen LogP contribution in [0.2, 0.25) is 0 Å². The maximum Gasteiger partial charge on any atom is 0.283 e. The lowest BCUT2D eigenvalue weighted by Gasteiger charge is -2.14. The fourth-order valence-corrected chi connectivity index (χ4v) is 1.75. The van der Waals surface area contributed by atoms with Crippen molar-refractivity contribution in [3.63, 3.8) is 0 Å². The van der Waals surface area contributed by atoms with E-state index in [2.05, 4.69) is 21.2 Å². The Hall–Kier alpha value is -1.18. The molecule has 0 aliphatic carbocycles. The van der Waals surface area contributed by atoms with Crippen molar-refractivity contribution in [1.82, 2.24) is 0 Å². The number of hydrogen-bond donors (Lipinski definition) is 1. The molecule has 1 N–H and O–H groups in total. The van der Waals surface area contributed by atoms with Crippen LogP contribution in [0.5, 0.6) is 0 Å². The van der Waals surface area contributed by atoms with Crippen LogP contribution in [0.25, 0.3) is 0 Å². The molecule has 1 aromatic carbocycles. The molecule has 0 saturated heterocycles. The van der Waals surface area contributed by atoms with Gasteiger partial charge in [0.1, 0.15) is 0 Å². The third-order valence-corrected chi connectivity index (χ3v) is 2.78. The van der Waals surface area contributed by atoms with Crippen LogP contribution < -0.4 is 5.32 Å². The first-order chi connectivity index (χ1) is 8.08. The largest absolute Gasteiger partial charge is 0.380 e. The van der Waals surface area contributed by atoms with Gasteiger partial charge >= 0.3 is 0 Å². The number of benzene rings is 1. The summed E-state index contributed by atoms with van der Waals surface area (Å²) in [6.07, 6.45) is -0.357. The van der Waals surface area contributed by atoms with E-state index in [-0.39, 0.29) is 12.0 Å². The summed E-state index contributed by atoms with van der Waals surface area (Å²) in [5.74, 6) is 0. The van der Waals surface area contributed by atoms with Crippen molar-refractivity contribution < 1.29 is 14.4 Å². The van der Waals surface area contributed by atoms with E-state index in [9.17, 15) is 10.1 Å². The van der Waals surface area contributed by atoms with Crippen molar-refractivity contribution in [3.8, 4) is 0 Å². The average molecular weight is 305 g/mol. The second kappa shape index (κ2) is 6.53.